The third kappa shape index (κ3) is 2.64. The third-order valence-electron chi connectivity index (χ3n) is 4.45. The standard InChI is InChI=1S/C19H23N/c1-14-4-2-7-17(12-14)18-9-8-15-5-3-6-16(10-11-20)19(15)13-18/h2,4,7-9,12-13,16H,3,5-6,10-11,20H2,1H3. The van der Waals surface area contributed by atoms with E-state index in [0.29, 0.717) is 5.92 Å². The Morgan fingerprint density at radius 1 is 1.10 bits per heavy atom. The summed E-state index contributed by atoms with van der Waals surface area (Å²) in [4.78, 5) is 0. The SMILES string of the molecule is Cc1cccc(-c2ccc3c(c2)C(CCN)CCC3)c1. The maximum atomic E-state index is 5.79. The Kier molecular flexibility index (Phi) is 3.88. The fraction of sp³-hybridized carbons (Fsp3) is 0.368. The van der Waals surface area contributed by atoms with Gasteiger partial charge in [-0.15, -0.1) is 0 Å². The quantitative estimate of drug-likeness (QED) is 0.873. The second-order valence-corrected chi connectivity index (χ2v) is 5.95. The number of rotatable bonds is 3. The Morgan fingerprint density at radius 3 is 2.75 bits per heavy atom. The normalized spacial score (nSPS) is 17.8. The van der Waals surface area contributed by atoms with Crippen LogP contribution in [-0.2, 0) is 6.42 Å². The minimum atomic E-state index is 0.661. The fourth-order valence-electron chi connectivity index (χ4n) is 3.40. The lowest BCUT2D eigenvalue weighted by molar-refractivity contribution is 0.526. The van der Waals surface area contributed by atoms with Gasteiger partial charge in [-0.2, -0.15) is 0 Å². The first-order chi connectivity index (χ1) is 9.78. The number of aryl methyl sites for hydroxylation is 2. The molecule has 1 heteroatoms. The number of nitrogens with two attached hydrogens (primary N) is 1. The third-order valence-corrected chi connectivity index (χ3v) is 4.45. The van der Waals surface area contributed by atoms with E-state index in [1.165, 1.54) is 41.5 Å². The average Bonchev–Trinajstić information content (AvgIpc) is 2.47. The van der Waals surface area contributed by atoms with Crippen molar-refractivity contribution >= 4 is 0 Å². The lowest BCUT2D eigenvalue weighted by atomic mass is 9.80. The van der Waals surface area contributed by atoms with Crippen LogP contribution in [0.15, 0.2) is 42.5 Å². The van der Waals surface area contributed by atoms with Crippen LogP contribution in [0.2, 0.25) is 0 Å². The zero-order valence-electron chi connectivity index (χ0n) is 12.2. The van der Waals surface area contributed by atoms with Gasteiger partial charge in [0.25, 0.3) is 0 Å². The zero-order chi connectivity index (χ0) is 13.9. The van der Waals surface area contributed by atoms with E-state index < -0.39 is 0 Å². The molecule has 1 aliphatic rings. The summed E-state index contributed by atoms with van der Waals surface area (Å²) < 4.78 is 0. The number of benzene rings is 2. The van der Waals surface area contributed by atoms with Gasteiger partial charge in [0.05, 0.1) is 0 Å². The molecule has 0 fully saturated rings. The minimum Gasteiger partial charge on any atom is -0.330 e. The smallest absolute Gasteiger partial charge is 0.00714 e. The molecule has 0 heterocycles. The molecule has 0 spiro atoms. The summed E-state index contributed by atoms with van der Waals surface area (Å²) in [6, 6.07) is 15.8. The van der Waals surface area contributed by atoms with Gasteiger partial charge < -0.3 is 5.73 Å². The molecule has 20 heavy (non-hydrogen) atoms. The molecule has 1 nitrogen and oxygen atoms in total. The summed E-state index contributed by atoms with van der Waals surface area (Å²) in [7, 11) is 0. The maximum absolute atomic E-state index is 5.79. The van der Waals surface area contributed by atoms with Gasteiger partial charge in [-0.3, -0.25) is 0 Å². The molecular weight excluding hydrogens is 242 g/mol. The summed E-state index contributed by atoms with van der Waals surface area (Å²) in [5.41, 5.74) is 12.8. The first kappa shape index (κ1) is 13.4. The van der Waals surface area contributed by atoms with Gasteiger partial charge in [0.15, 0.2) is 0 Å². The van der Waals surface area contributed by atoms with E-state index >= 15 is 0 Å². The van der Waals surface area contributed by atoms with Crippen LogP contribution in [0.1, 0.15) is 41.9 Å². The molecule has 1 unspecified atom stereocenters. The zero-order valence-corrected chi connectivity index (χ0v) is 12.2. The predicted molar refractivity (Wildman–Crippen MR) is 86.0 cm³/mol. The predicted octanol–water partition coefficient (Wildman–Crippen LogP) is 4.43. The molecular formula is C19H23N. The minimum absolute atomic E-state index is 0.661. The van der Waals surface area contributed by atoms with Crippen LogP contribution in [0.4, 0.5) is 0 Å². The van der Waals surface area contributed by atoms with Crippen LogP contribution >= 0.6 is 0 Å². The van der Waals surface area contributed by atoms with E-state index in [4.69, 9.17) is 5.73 Å². The molecule has 0 aliphatic heterocycles. The first-order valence-electron chi connectivity index (χ1n) is 7.68. The molecule has 2 aromatic carbocycles. The highest BCUT2D eigenvalue weighted by atomic mass is 14.5. The summed E-state index contributed by atoms with van der Waals surface area (Å²) in [6.45, 7) is 2.94. The molecule has 0 aromatic heterocycles. The van der Waals surface area contributed by atoms with Crippen molar-refractivity contribution in [2.45, 2.75) is 38.5 Å². The van der Waals surface area contributed by atoms with E-state index in [-0.39, 0.29) is 0 Å². The highest BCUT2D eigenvalue weighted by molar-refractivity contribution is 5.66. The van der Waals surface area contributed by atoms with Crippen molar-refractivity contribution in [3.63, 3.8) is 0 Å². The van der Waals surface area contributed by atoms with Gasteiger partial charge in [-0.1, -0.05) is 48.0 Å². The topological polar surface area (TPSA) is 26.0 Å². The van der Waals surface area contributed by atoms with E-state index in [1.807, 2.05) is 0 Å². The molecule has 3 rings (SSSR count). The molecule has 2 N–H and O–H groups in total. The molecule has 0 saturated carbocycles. The highest BCUT2D eigenvalue weighted by Crippen LogP contribution is 2.36. The summed E-state index contributed by atoms with van der Waals surface area (Å²) >= 11 is 0. The fourth-order valence-corrected chi connectivity index (χ4v) is 3.40. The Morgan fingerprint density at radius 2 is 1.95 bits per heavy atom. The van der Waals surface area contributed by atoms with E-state index in [2.05, 4.69) is 49.4 Å². The average molecular weight is 265 g/mol. The molecule has 2 aromatic rings. The Bertz CT molecular complexity index is 600. The maximum Gasteiger partial charge on any atom is -0.00714 e. The van der Waals surface area contributed by atoms with Gasteiger partial charge in [-0.05, 0) is 67.3 Å². The summed E-state index contributed by atoms with van der Waals surface area (Å²) in [5.74, 6) is 0.661. The molecule has 1 atom stereocenters. The second kappa shape index (κ2) is 5.80. The van der Waals surface area contributed by atoms with Crippen LogP contribution in [0.3, 0.4) is 0 Å². The molecule has 0 saturated heterocycles. The highest BCUT2D eigenvalue weighted by Gasteiger charge is 2.20. The number of hydrogen-bond donors (Lipinski definition) is 1. The van der Waals surface area contributed by atoms with Crippen molar-refractivity contribution in [1.29, 1.82) is 0 Å². The number of fused-ring (bicyclic) bond motifs is 1. The molecule has 0 amide bonds. The van der Waals surface area contributed by atoms with Crippen molar-refractivity contribution in [2.75, 3.05) is 6.54 Å². The van der Waals surface area contributed by atoms with E-state index in [1.54, 1.807) is 5.56 Å². The first-order valence-corrected chi connectivity index (χ1v) is 7.68. The number of hydrogen-bond acceptors (Lipinski definition) is 1. The van der Waals surface area contributed by atoms with Crippen LogP contribution in [0.5, 0.6) is 0 Å². The monoisotopic (exact) mass is 265 g/mol. The van der Waals surface area contributed by atoms with Gasteiger partial charge >= 0.3 is 0 Å². The molecule has 1 aliphatic carbocycles. The summed E-state index contributed by atoms with van der Waals surface area (Å²) in [5, 5.41) is 0. The van der Waals surface area contributed by atoms with Crippen molar-refractivity contribution in [2.24, 2.45) is 5.73 Å². The lowest BCUT2D eigenvalue weighted by Gasteiger charge is -2.26. The molecule has 0 bridgehead atoms. The van der Waals surface area contributed by atoms with Crippen molar-refractivity contribution < 1.29 is 0 Å². The van der Waals surface area contributed by atoms with Gasteiger partial charge in [0, 0.05) is 0 Å². The molecule has 0 radical (unpaired) electrons. The van der Waals surface area contributed by atoms with Gasteiger partial charge in [0.1, 0.15) is 0 Å². The second-order valence-electron chi connectivity index (χ2n) is 5.95. The van der Waals surface area contributed by atoms with Crippen LogP contribution in [0, 0.1) is 6.92 Å². The van der Waals surface area contributed by atoms with E-state index in [9.17, 15) is 0 Å². The summed E-state index contributed by atoms with van der Waals surface area (Å²) in [6.07, 6.45) is 4.94. The van der Waals surface area contributed by atoms with Crippen molar-refractivity contribution in [1.82, 2.24) is 0 Å². The van der Waals surface area contributed by atoms with Crippen molar-refractivity contribution in [3.05, 3.63) is 59.2 Å². The Labute approximate surface area is 121 Å². The van der Waals surface area contributed by atoms with Crippen LogP contribution in [-0.4, -0.2) is 6.54 Å². The van der Waals surface area contributed by atoms with Crippen LogP contribution < -0.4 is 5.73 Å². The lowest BCUT2D eigenvalue weighted by Crippen LogP contribution is -2.14. The Hall–Kier alpha value is -1.60. The van der Waals surface area contributed by atoms with Crippen LogP contribution in [0.25, 0.3) is 11.1 Å². The largest absolute Gasteiger partial charge is 0.330 e. The molecule has 104 valence electrons. The van der Waals surface area contributed by atoms with E-state index in [0.717, 1.165) is 13.0 Å². The Balaban J connectivity index is 2.01. The van der Waals surface area contributed by atoms with Crippen molar-refractivity contribution in [3.8, 4) is 11.1 Å². The van der Waals surface area contributed by atoms with Gasteiger partial charge in [-0.25, -0.2) is 0 Å². The van der Waals surface area contributed by atoms with Gasteiger partial charge in [0.2, 0.25) is 0 Å².